The molecule has 6 rings (SSSR count). The monoisotopic (exact) mass is 512 g/mol. The Hall–Kier alpha value is -4.10. The summed E-state index contributed by atoms with van der Waals surface area (Å²) in [5, 5.41) is 19.0. The van der Waals surface area contributed by atoms with Gasteiger partial charge in [-0.05, 0) is 37.8 Å². The van der Waals surface area contributed by atoms with Gasteiger partial charge in [0.1, 0.15) is 11.8 Å². The molecule has 11 nitrogen and oxygen atoms in total. The molecule has 37 heavy (non-hydrogen) atoms. The van der Waals surface area contributed by atoms with E-state index in [0.717, 1.165) is 37.6 Å². The van der Waals surface area contributed by atoms with E-state index < -0.39 is 11.7 Å². The molecule has 4 heterocycles. The Kier molecular flexibility index (Phi) is 5.72. The minimum absolute atomic E-state index is 0.0379. The smallest absolute Gasteiger partial charge is 0.351 e. The van der Waals surface area contributed by atoms with Crippen molar-refractivity contribution >= 4 is 22.9 Å². The maximum absolute atomic E-state index is 13.3. The quantitative estimate of drug-likeness (QED) is 0.443. The topological polar surface area (TPSA) is 120 Å². The van der Waals surface area contributed by atoms with Crippen molar-refractivity contribution in [1.82, 2.24) is 44.6 Å². The standard InChI is InChI=1S/C23H23F3N10O/c24-23(25,26)16-2-1-3-17-20(16)32-33-36(17)18-8-9-27-22(30-18)29-15-6-4-14(5-7-15)21(37)34-10-11-35-13-28-31-19(35)12-34/h1-3,8-9,13-15H,4-7,10-12H2,(H,27,29,30). The molecule has 0 unspecified atom stereocenters. The van der Waals surface area contributed by atoms with Crippen LogP contribution in [0.2, 0.25) is 0 Å². The van der Waals surface area contributed by atoms with Crippen LogP contribution in [-0.2, 0) is 24.1 Å². The molecule has 0 bridgehead atoms. The highest BCUT2D eigenvalue weighted by molar-refractivity contribution is 5.80. The fraction of sp³-hybridized carbons (Fsp3) is 0.435. The average molecular weight is 513 g/mol. The van der Waals surface area contributed by atoms with Crippen LogP contribution in [0.4, 0.5) is 19.1 Å². The highest BCUT2D eigenvalue weighted by Crippen LogP contribution is 2.34. The van der Waals surface area contributed by atoms with Gasteiger partial charge < -0.3 is 14.8 Å². The highest BCUT2D eigenvalue weighted by atomic mass is 19.4. The van der Waals surface area contributed by atoms with E-state index in [4.69, 9.17) is 0 Å². The van der Waals surface area contributed by atoms with E-state index in [2.05, 4.69) is 35.8 Å². The van der Waals surface area contributed by atoms with Gasteiger partial charge in [0.25, 0.3) is 0 Å². The van der Waals surface area contributed by atoms with Crippen LogP contribution >= 0.6 is 0 Å². The molecule has 2 aliphatic rings. The van der Waals surface area contributed by atoms with E-state index in [-0.39, 0.29) is 28.9 Å². The zero-order valence-electron chi connectivity index (χ0n) is 19.6. The second kappa shape index (κ2) is 9.09. The van der Waals surface area contributed by atoms with Gasteiger partial charge in [-0.1, -0.05) is 11.3 Å². The Morgan fingerprint density at radius 2 is 1.89 bits per heavy atom. The van der Waals surface area contributed by atoms with Crippen LogP contribution in [0.5, 0.6) is 0 Å². The van der Waals surface area contributed by atoms with E-state index in [1.807, 2.05) is 9.47 Å². The van der Waals surface area contributed by atoms with Crippen molar-refractivity contribution in [3.63, 3.8) is 0 Å². The van der Waals surface area contributed by atoms with E-state index in [0.29, 0.717) is 31.4 Å². The largest absolute Gasteiger partial charge is 0.418 e. The minimum Gasteiger partial charge on any atom is -0.351 e. The van der Waals surface area contributed by atoms with Crippen LogP contribution < -0.4 is 5.32 Å². The number of aromatic nitrogens is 8. The minimum atomic E-state index is -4.54. The number of nitrogens with one attached hydrogen (secondary N) is 1. The molecule has 1 saturated carbocycles. The first-order valence-corrected chi connectivity index (χ1v) is 12.0. The first-order chi connectivity index (χ1) is 17.9. The summed E-state index contributed by atoms with van der Waals surface area (Å²) in [4.78, 5) is 23.7. The molecule has 0 saturated heterocycles. The summed E-state index contributed by atoms with van der Waals surface area (Å²) in [6.07, 6.45) is 1.71. The van der Waals surface area contributed by atoms with Gasteiger partial charge in [-0.25, -0.2) is 4.98 Å². The summed E-state index contributed by atoms with van der Waals surface area (Å²) in [5.41, 5.74) is -0.879. The van der Waals surface area contributed by atoms with Crippen LogP contribution in [0.3, 0.4) is 0 Å². The molecule has 1 aliphatic carbocycles. The van der Waals surface area contributed by atoms with Crippen molar-refractivity contribution in [2.45, 2.75) is 51.0 Å². The third-order valence-electron chi connectivity index (χ3n) is 7.00. The molecule has 0 radical (unpaired) electrons. The molecule has 4 aromatic rings. The number of carbonyl (C=O) groups excluding carboxylic acids is 1. The Bertz CT molecular complexity index is 1440. The van der Waals surface area contributed by atoms with Crippen molar-refractivity contribution in [3.8, 4) is 5.82 Å². The van der Waals surface area contributed by atoms with Crippen LogP contribution in [0.1, 0.15) is 37.1 Å². The fourth-order valence-corrected chi connectivity index (χ4v) is 5.06. The Morgan fingerprint density at radius 1 is 1.05 bits per heavy atom. The van der Waals surface area contributed by atoms with Crippen LogP contribution in [0, 0.1) is 5.92 Å². The lowest BCUT2D eigenvalue weighted by Gasteiger charge is -2.34. The first kappa shape index (κ1) is 23.3. The van der Waals surface area contributed by atoms with Gasteiger partial charge in [0, 0.05) is 37.3 Å². The average Bonchev–Trinajstić information content (AvgIpc) is 3.55. The summed E-state index contributed by atoms with van der Waals surface area (Å²) in [7, 11) is 0. The molecule has 1 amide bonds. The van der Waals surface area contributed by atoms with Gasteiger partial charge >= 0.3 is 6.18 Å². The Balaban J connectivity index is 1.11. The molecule has 192 valence electrons. The molecule has 0 atom stereocenters. The van der Waals surface area contributed by atoms with Gasteiger partial charge in [-0.2, -0.15) is 22.8 Å². The van der Waals surface area contributed by atoms with Crippen LogP contribution in [0.25, 0.3) is 16.9 Å². The molecule has 1 aliphatic heterocycles. The van der Waals surface area contributed by atoms with Gasteiger partial charge in [-0.3, -0.25) is 4.79 Å². The van der Waals surface area contributed by atoms with Crippen molar-refractivity contribution in [2.75, 3.05) is 11.9 Å². The van der Waals surface area contributed by atoms with E-state index >= 15 is 0 Å². The summed E-state index contributed by atoms with van der Waals surface area (Å²) in [6.45, 7) is 1.85. The lowest BCUT2D eigenvalue weighted by Crippen LogP contribution is -2.43. The molecule has 1 N–H and O–H groups in total. The lowest BCUT2D eigenvalue weighted by molar-refractivity contribution is -0.138. The number of nitrogens with zero attached hydrogens (tertiary/aromatic N) is 9. The predicted octanol–water partition coefficient (Wildman–Crippen LogP) is 2.83. The summed E-state index contributed by atoms with van der Waals surface area (Å²) in [5.74, 6) is 1.58. The van der Waals surface area contributed by atoms with Crippen molar-refractivity contribution in [1.29, 1.82) is 0 Å². The lowest BCUT2D eigenvalue weighted by atomic mass is 9.85. The molecule has 1 fully saturated rings. The number of amides is 1. The summed E-state index contributed by atoms with van der Waals surface area (Å²) >= 11 is 0. The molecular weight excluding hydrogens is 489 g/mol. The van der Waals surface area contributed by atoms with Crippen LogP contribution in [-0.4, -0.2) is 63.1 Å². The number of fused-ring (bicyclic) bond motifs is 2. The normalized spacial score (nSPS) is 20.1. The number of benzene rings is 1. The summed E-state index contributed by atoms with van der Waals surface area (Å²) in [6, 6.07) is 5.46. The summed E-state index contributed by atoms with van der Waals surface area (Å²) < 4.78 is 43.3. The Morgan fingerprint density at radius 3 is 2.70 bits per heavy atom. The zero-order valence-corrected chi connectivity index (χ0v) is 19.6. The molecule has 14 heteroatoms. The molecular formula is C23H23F3N10O. The van der Waals surface area contributed by atoms with Gasteiger partial charge in [-0.15, -0.1) is 15.3 Å². The molecule has 1 aromatic carbocycles. The highest BCUT2D eigenvalue weighted by Gasteiger charge is 2.34. The number of halogens is 3. The number of hydrogen-bond acceptors (Lipinski definition) is 8. The van der Waals surface area contributed by atoms with Crippen molar-refractivity contribution in [2.24, 2.45) is 5.92 Å². The third kappa shape index (κ3) is 4.47. The van der Waals surface area contributed by atoms with Gasteiger partial charge in [0.05, 0.1) is 17.6 Å². The third-order valence-corrected chi connectivity index (χ3v) is 7.00. The number of anilines is 1. The van der Waals surface area contributed by atoms with Crippen LogP contribution in [0.15, 0.2) is 36.8 Å². The second-order valence-corrected chi connectivity index (χ2v) is 9.30. The van der Waals surface area contributed by atoms with Gasteiger partial charge in [0.2, 0.25) is 11.9 Å². The number of carbonyl (C=O) groups is 1. The molecule has 0 spiro atoms. The maximum atomic E-state index is 13.3. The second-order valence-electron chi connectivity index (χ2n) is 9.30. The SMILES string of the molecule is O=C(C1CCC(Nc2nccc(-n3nnc4c(C(F)(F)F)cccc43)n2)CC1)N1CCn2cnnc2C1. The van der Waals surface area contributed by atoms with E-state index in [1.54, 1.807) is 12.4 Å². The van der Waals surface area contributed by atoms with Crippen molar-refractivity contribution in [3.05, 3.63) is 48.2 Å². The van der Waals surface area contributed by atoms with E-state index in [1.165, 1.54) is 23.0 Å². The number of hydrogen-bond donors (Lipinski definition) is 1. The van der Waals surface area contributed by atoms with Gasteiger partial charge in [0.15, 0.2) is 11.6 Å². The Labute approximate surface area is 208 Å². The zero-order chi connectivity index (χ0) is 25.6. The number of alkyl halides is 3. The maximum Gasteiger partial charge on any atom is 0.418 e. The van der Waals surface area contributed by atoms with E-state index in [9.17, 15) is 18.0 Å². The first-order valence-electron chi connectivity index (χ1n) is 12.0. The fourth-order valence-electron chi connectivity index (χ4n) is 5.06. The number of rotatable bonds is 4. The predicted molar refractivity (Wildman–Crippen MR) is 124 cm³/mol. The molecule has 3 aromatic heterocycles. The van der Waals surface area contributed by atoms with Crippen molar-refractivity contribution < 1.29 is 18.0 Å².